The summed E-state index contributed by atoms with van der Waals surface area (Å²) in [6, 6.07) is 14.1. The smallest absolute Gasteiger partial charge is 0.226 e. The van der Waals surface area contributed by atoms with Gasteiger partial charge in [-0.05, 0) is 42.3 Å². The molecule has 1 N–H and O–H groups in total. The van der Waals surface area contributed by atoms with Crippen LogP contribution in [0.1, 0.15) is 23.7 Å². The van der Waals surface area contributed by atoms with Gasteiger partial charge in [-0.1, -0.05) is 18.2 Å². The Morgan fingerprint density at radius 3 is 2.96 bits per heavy atom. The third-order valence-electron chi connectivity index (χ3n) is 4.26. The van der Waals surface area contributed by atoms with Crippen molar-refractivity contribution in [1.82, 2.24) is 10.3 Å². The summed E-state index contributed by atoms with van der Waals surface area (Å²) in [5, 5.41) is 3.00. The van der Waals surface area contributed by atoms with Crippen molar-refractivity contribution in [3.8, 4) is 11.5 Å². The predicted octanol–water partition coefficient (Wildman–Crippen LogP) is 4.38. The Morgan fingerprint density at radius 1 is 1.27 bits per heavy atom. The fourth-order valence-corrected chi connectivity index (χ4v) is 4.13. The number of hydrogen-bond acceptors (Lipinski definition) is 4. The third kappa shape index (κ3) is 3.65. The normalized spacial score (nSPS) is 16.1. The number of carbonyl (C=O) groups is 1. The summed E-state index contributed by atoms with van der Waals surface area (Å²) < 4.78 is 19.0. The second-order valence-corrected chi connectivity index (χ2v) is 7.26. The van der Waals surface area contributed by atoms with Crippen LogP contribution in [-0.2, 0) is 11.2 Å². The molecule has 2 heterocycles. The molecule has 6 heteroatoms. The van der Waals surface area contributed by atoms with Crippen LogP contribution in [-0.4, -0.2) is 16.6 Å². The highest BCUT2D eigenvalue weighted by Gasteiger charge is 2.23. The van der Waals surface area contributed by atoms with Gasteiger partial charge >= 0.3 is 0 Å². The quantitative estimate of drug-likeness (QED) is 0.743. The number of thioether (sulfide) groups is 1. The van der Waals surface area contributed by atoms with Crippen molar-refractivity contribution >= 4 is 17.7 Å². The fraction of sp³-hybridized carbons (Fsp3) is 0.200. The van der Waals surface area contributed by atoms with E-state index in [1.165, 1.54) is 18.4 Å². The van der Waals surface area contributed by atoms with Crippen LogP contribution >= 0.6 is 11.8 Å². The first-order valence-electron chi connectivity index (χ1n) is 8.40. The molecule has 1 atom stereocenters. The number of rotatable bonds is 4. The maximum Gasteiger partial charge on any atom is 0.226 e. The van der Waals surface area contributed by atoms with E-state index in [4.69, 9.17) is 4.42 Å². The molecule has 1 aliphatic rings. The van der Waals surface area contributed by atoms with E-state index in [2.05, 4.69) is 10.3 Å². The van der Waals surface area contributed by atoms with Gasteiger partial charge in [0.2, 0.25) is 11.8 Å². The van der Waals surface area contributed by atoms with Gasteiger partial charge in [0.05, 0.1) is 18.2 Å². The van der Waals surface area contributed by atoms with E-state index in [0.29, 0.717) is 11.6 Å². The van der Waals surface area contributed by atoms with Crippen molar-refractivity contribution in [2.75, 3.05) is 5.75 Å². The van der Waals surface area contributed by atoms with Gasteiger partial charge in [0.1, 0.15) is 12.1 Å². The first kappa shape index (κ1) is 16.8. The number of hydrogen-bond donors (Lipinski definition) is 1. The summed E-state index contributed by atoms with van der Waals surface area (Å²) in [6.45, 7) is 0. The number of nitrogens with zero attached hydrogens (tertiary/aromatic N) is 1. The van der Waals surface area contributed by atoms with Gasteiger partial charge in [-0.25, -0.2) is 9.37 Å². The lowest BCUT2D eigenvalue weighted by molar-refractivity contribution is -0.121. The van der Waals surface area contributed by atoms with Crippen LogP contribution < -0.4 is 5.32 Å². The zero-order valence-corrected chi connectivity index (χ0v) is 14.8. The molecular formula is C20H17FN2O2S. The molecule has 0 spiro atoms. The van der Waals surface area contributed by atoms with Gasteiger partial charge in [-0.3, -0.25) is 4.79 Å². The van der Waals surface area contributed by atoms with E-state index in [1.54, 1.807) is 17.8 Å². The van der Waals surface area contributed by atoms with Crippen molar-refractivity contribution in [2.24, 2.45) is 0 Å². The molecule has 0 saturated carbocycles. The topological polar surface area (TPSA) is 55.1 Å². The Kier molecular flexibility index (Phi) is 4.75. The predicted molar refractivity (Wildman–Crippen MR) is 98.3 cm³/mol. The second kappa shape index (κ2) is 7.33. The maximum atomic E-state index is 13.6. The highest BCUT2D eigenvalue weighted by atomic mass is 32.2. The lowest BCUT2D eigenvalue weighted by atomic mass is 10.0. The minimum absolute atomic E-state index is 0.130. The van der Waals surface area contributed by atoms with Gasteiger partial charge < -0.3 is 9.73 Å². The molecule has 0 fully saturated rings. The molecule has 1 amide bonds. The number of nitrogens with one attached hydrogen (secondary N) is 1. The molecular weight excluding hydrogens is 351 g/mol. The molecule has 1 unspecified atom stereocenters. The monoisotopic (exact) mass is 368 g/mol. The number of amides is 1. The number of halogens is 1. The van der Waals surface area contributed by atoms with Crippen LogP contribution in [0.5, 0.6) is 0 Å². The van der Waals surface area contributed by atoms with Gasteiger partial charge in [0.15, 0.2) is 0 Å². The first-order chi connectivity index (χ1) is 12.7. The second-order valence-electron chi connectivity index (χ2n) is 6.13. The molecule has 1 aromatic heterocycles. The number of aromatic nitrogens is 1. The summed E-state index contributed by atoms with van der Waals surface area (Å²) in [5.41, 5.74) is 2.29. The maximum absolute atomic E-state index is 13.6. The molecule has 4 nitrogen and oxygen atoms in total. The van der Waals surface area contributed by atoms with Gasteiger partial charge in [-0.15, -0.1) is 11.8 Å². The number of oxazole rings is 1. The van der Waals surface area contributed by atoms with Crippen LogP contribution in [0.3, 0.4) is 0 Å². The summed E-state index contributed by atoms with van der Waals surface area (Å²) in [4.78, 5) is 17.8. The highest BCUT2D eigenvalue weighted by Crippen LogP contribution is 2.36. The van der Waals surface area contributed by atoms with Crippen molar-refractivity contribution in [2.45, 2.75) is 23.8 Å². The summed E-state index contributed by atoms with van der Waals surface area (Å²) in [7, 11) is 0. The Morgan fingerprint density at radius 2 is 2.12 bits per heavy atom. The van der Waals surface area contributed by atoms with Crippen molar-refractivity contribution in [3.05, 3.63) is 71.9 Å². The lowest BCUT2D eigenvalue weighted by Gasteiger charge is -2.25. The van der Waals surface area contributed by atoms with Gasteiger partial charge in [0.25, 0.3) is 0 Å². The lowest BCUT2D eigenvalue weighted by Crippen LogP contribution is -2.32. The summed E-state index contributed by atoms with van der Waals surface area (Å²) >= 11 is 1.69. The number of benzene rings is 2. The van der Waals surface area contributed by atoms with Crippen LogP contribution in [0, 0.1) is 5.82 Å². The average molecular weight is 368 g/mol. The fourth-order valence-electron chi connectivity index (χ4n) is 3.03. The Bertz CT molecular complexity index is 927. The van der Waals surface area contributed by atoms with E-state index in [1.807, 2.05) is 30.3 Å². The van der Waals surface area contributed by atoms with Crippen LogP contribution in [0.25, 0.3) is 11.5 Å². The zero-order chi connectivity index (χ0) is 17.9. The third-order valence-corrected chi connectivity index (χ3v) is 5.38. The summed E-state index contributed by atoms with van der Waals surface area (Å²) in [5.74, 6) is 0.959. The molecule has 0 saturated heterocycles. The first-order valence-corrected chi connectivity index (χ1v) is 9.39. The van der Waals surface area contributed by atoms with E-state index in [0.717, 1.165) is 28.2 Å². The molecule has 0 radical (unpaired) electrons. The molecule has 26 heavy (non-hydrogen) atoms. The average Bonchev–Trinajstić information content (AvgIpc) is 3.11. The highest BCUT2D eigenvalue weighted by molar-refractivity contribution is 7.99. The minimum atomic E-state index is -0.283. The minimum Gasteiger partial charge on any atom is -0.444 e. The van der Waals surface area contributed by atoms with E-state index in [9.17, 15) is 9.18 Å². The Labute approximate surface area is 154 Å². The van der Waals surface area contributed by atoms with Gasteiger partial charge in [0, 0.05) is 16.2 Å². The van der Waals surface area contributed by atoms with Crippen LogP contribution in [0.15, 0.2) is 64.1 Å². The molecule has 0 aliphatic carbocycles. The molecule has 1 aliphatic heterocycles. The van der Waals surface area contributed by atoms with Gasteiger partial charge in [-0.2, -0.15) is 0 Å². The Hall–Kier alpha value is -2.60. The van der Waals surface area contributed by atoms with Crippen LogP contribution in [0.4, 0.5) is 4.39 Å². The van der Waals surface area contributed by atoms with Crippen molar-refractivity contribution < 1.29 is 13.6 Å². The number of fused-ring (bicyclic) bond motifs is 1. The largest absolute Gasteiger partial charge is 0.444 e. The van der Waals surface area contributed by atoms with E-state index >= 15 is 0 Å². The molecule has 2 aromatic carbocycles. The number of carbonyl (C=O) groups excluding carboxylic acids is 1. The molecule has 132 valence electrons. The Balaban J connectivity index is 1.44. The standard InChI is InChI=1S/C20H17FN2O2S/c21-14-6-7-18-16(10-14)17(8-9-26-18)23-19(24)11-15-12-25-20(22-15)13-4-2-1-3-5-13/h1-7,10,12,17H,8-9,11H2,(H,23,24). The molecule has 0 bridgehead atoms. The SMILES string of the molecule is O=C(Cc1coc(-c2ccccc2)n1)NC1CCSc2ccc(F)cc21. The van der Waals surface area contributed by atoms with Crippen molar-refractivity contribution in [3.63, 3.8) is 0 Å². The molecule has 4 rings (SSSR count). The van der Waals surface area contributed by atoms with E-state index in [-0.39, 0.29) is 24.2 Å². The van der Waals surface area contributed by atoms with Crippen molar-refractivity contribution in [1.29, 1.82) is 0 Å². The zero-order valence-electron chi connectivity index (χ0n) is 13.9. The van der Waals surface area contributed by atoms with E-state index < -0.39 is 0 Å². The van der Waals surface area contributed by atoms with Crippen LogP contribution in [0.2, 0.25) is 0 Å². The summed E-state index contributed by atoms with van der Waals surface area (Å²) in [6.07, 6.45) is 2.41. The molecule has 3 aromatic rings.